The minimum atomic E-state index is -4.77. The number of phenolic OH excluding ortho intramolecular Hbond substituents is 1. The average molecular weight is 402 g/mol. The lowest BCUT2D eigenvalue weighted by molar-refractivity contribution is -0.384. The van der Waals surface area contributed by atoms with Gasteiger partial charge in [0.25, 0.3) is 5.69 Å². The molecule has 2 aromatic carbocycles. The zero-order valence-corrected chi connectivity index (χ0v) is 14.7. The van der Waals surface area contributed by atoms with Crippen LogP contribution in [0.15, 0.2) is 36.4 Å². The van der Waals surface area contributed by atoms with Crippen molar-refractivity contribution < 1.29 is 23.2 Å². The molecule has 0 radical (unpaired) electrons. The Morgan fingerprint density at radius 2 is 1.59 bits per heavy atom. The lowest BCUT2D eigenvalue weighted by atomic mass is 10.1. The van der Waals surface area contributed by atoms with Crippen molar-refractivity contribution in [1.82, 2.24) is 0 Å². The van der Waals surface area contributed by atoms with Crippen LogP contribution >= 0.6 is 11.6 Å². The van der Waals surface area contributed by atoms with Crippen LogP contribution in [0, 0.1) is 10.1 Å². The summed E-state index contributed by atoms with van der Waals surface area (Å²) < 4.78 is 39.0. The summed E-state index contributed by atoms with van der Waals surface area (Å²) in [4.78, 5) is 14.0. The molecule has 1 saturated heterocycles. The Bertz CT molecular complexity index is 868. The van der Waals surface area contributed by atoms with Crippen molar-refractivity contribution in [1.29, 1.82) is 0 Å². The molecule has 1 heterocycles. The van der Waals surface area contributed by atoms with Crippen LogP contribution in [0.2, 0.25) is 5.02 Å². The van der Waals surface area contributed by atoms with Gasteiger partial charge in [0.1, 0.15) is 11.4 Å². The highest BCUT2D eigenvalue weighted by Crippen LogP contribution is 2.42. The topological polar surface area (TPSA) is 69.9 Å². The Hall–Kier alpha value is -2.68. The number of nitrogens with zero attached hydrogens (tertiary/aromatic N) is 3. The maximum atomic E-state index is 13.0. The fourth-order valence-corrected chi connectivity index (χ4v) is 3.35. The average Bonchev–Trinajstić information content (AvgIpc) is 2.61. The number of phenols is 1. The largest absolute Gasteiger partial charge is 0.506 e. The van der Waals surface area contributed by atoms with Crippen LogP contribution in [0.4, 0.5) is 30.2 Å². The highest BCUT2D eigenvalue weighted by atomic mass is 35.5. The summed E-state index contributed by atoms with van der Waals surface area (Å²) in [6.45, 7) is 1.54. The quantitative estimate of drug-likeness (QED) is 0.613. The lowest BCUT2D eigenvalue weighted by Crippen LogP contribution is -2.46. The molecule has 10 heteroatoms. The van der Waals surface area contributed by atoms with Crippen molar-refractivity contribution >= 4 is 28.7 Å². The molecular weight excluding hydrogens is 387 g/mol. The standard InChI is InChI=1S/C17H15ClF3N3O3/c18-12-10-14(15(24(26)27)9-11(12)17(19,20)21)23-7-5-22(6-8-23)13-3-1-2-4-16(13)25/h1-4,9-10,25H,5-8H2. The van der Waals surface area contributed by atoms with Crippen LogP contribution in [0.5, 0.6) is 5.75 Å². The molecule has 1 aliphatic rings. The van der Waals surface area contributed by atoms with E-state index in [1.165, 1.54) is 0 Å². The van der Waals surface area contributed by atoms with Crippen LogP contribution in [-0.2, 0) is 6.18 Å². The van der Waals surface area contributed by atoms with E-state index in [4.69, 9.17) is 11.6 Å². The van der Waals surface area contributed by atoms with E-state index in [1.54, 1.807) is 29.2 Å². The van der Waals surface area contributed by atoms with Gasteiger partial charge < -0.3 is 14.9 Å². The van der Waals surface area contributed by atoms with Crippen LogP contribution in [-0.4, -0.2) is 36.2 Å². The van der Waals surface area contributed by atoms with Gasteiger partial charge in [0, 0.05) is 32.2 Å². The molecule has 1 N–H and O–H groups in total. The predicted molar refractivity (Wildman–Crippen MR) is 95.6 cm³/mol. The first-order valence-electron chi connectivity index (χ1n) is 8.01. The van der Waals surface area contributed by atoms with E-state index < -0.39 is 27.4 Å². The molecule has 144 valence electrons. The van der Waals surface area contributed by atoms with Gasteiger partial charge in [-0.2, -0.15) is 13.2 Å². The summed E-state index contributed by atoms with van der Waals surface area (Å²) in [6, 6.07) is 8.26. The second-order valence-electron chi connectivity index (χ2n) is 6.04. The Morgan fingerprint density at radius 3 is 2.11 bits per heavy atom. The third kappa shape index (κ3) is 3.87. The number of para-hydroxylation sites is 2. The molecular formula is C17H15ClF3N3O3. The lowest BCUT2D eigenvalue weighted by Gasteiger charge is -2.37. The Labute approximate surface area is 157 Å². The molecule has 2 aromatic rings. The van der Waals surface area contributed by atoms with Crippen LogP contribution < -0.4 is 9.80 Å². The molecule has 0 spiro atoms. The van der Waals surface area contributed by atoms with Gasteiger partial charge >= 0.3 is 6.18 Å². The molecule has 27 heavy (non-hydrogen) atoms. The molecule has 6 nitrogen and oxygen atoms in total. The van der Waals surface area contributed by atoms with Crippen LogP contribution in [0.25, 0.3) is 0 Å². The first-order valence-corrected chi connectivity index (χ1v) is 8.39. The minimum Gasteiger partial charge on any atom is -0.506 e. The predicted octanol–water partition coefficient (Wildman–Crippen LogP) is 4.30. The molecule has 0 saturated carbocycles. The fourth-order valence-electron chi connectivity index (χ4n) is 3.09. The van der Waals surface area contributed by atoms with Gasteiger partial charge in [-0.25, -0.2) is 0 Å². The first-order chi connectivity index (χ1) is 12.7. The van der Waals surface area contributed by atoms with Gasteiger partial charge in [-0.05, 0) is 18.2 Å². The van der Waals surface area contributed by atoms with E-state index >= 15 is 0 Å². The van der Waals surface area contributed by atoms with Crippen molar-refractivity contribution in [3.63, 3.8) is 0 Å². The van der Waals surface area contributed by atoms with Gasteiger partial charge in [-0.3, -0.25) is 10.1 Å². The SMILES string of the molecule is O=[N+]([O-])c1cc(C(F)(F)F)c(Cl)cc1N1CCN(c2ccccc2O)CC1. The maximum Gasteiger partial charge on any atom is 0.418 e. The van der Waals surface area contributed by atoms with Gasteiger partial charge in [-0.1, -0.05) is 23.7 Å². The number of anilines is 2. The zero-order valence-electron chi connectivity index (χ0n) is 13.9. The fraction of sp³-hybridized carbons (Fsp3) is 0.294. The van der Waals surface area contributed by atoms with E-state index in [2.05, 4.69) is 0 Å². The number of alkyl halides is 3. The number of nitro groups is 1. The molecule has 1 fully saturated rings. The second-order valence-corrected chi connectivity index (χ2v) is 6.45. The van der Waals surface area contributed by atoms with E-state index in [-0.39, 0.29) is 11.4 Å². The Kier molecular flexibility index (Phi) is 5.05. The third-order valence-corrected chi connectivity index (χ3v) is 4.72. The second kappa shape index (κ2) is 7.15. The Balaban J connectivity index is 1.87. The number of aromatic hydroxyl groups is 1. The highest BCUT2D eigenvalue weighted by molar-refractivity contribution is 6.31. The third-order valence-electron chi connectivity index (χ3n) is 4.41. The number of nitro benzene ring substituents is 1. The van der Waals surface area contributed by atoms with E-state index in [1.807, 2.05) is 4.90 Å². The molecule has 3 rings (SSSR count). The van der Waals surface area contributed by atoms with Crippen molar-refractivity contribution in [2.24, 2.45) is 0 Å². The number of benzene rings is 2. The van der Waals surface area contributed by atoms with E-state index in [0.29, 0.717) is 37.9 Å². The van der Waals surface area contributed by atoms with Gasteiger partial charge in [0.15, 0.2) is 0 Å². The number of halogens is 4. The van der Waals surface area contributed by atoms with Crippen LogP contribution in [0.3, 0.4) is 0 Å². The smallest absolute Gasteiger partial charge is 0.418 e. The molecule has 0 amide bonds. The van der Waals surface area contributed by atoms with Crippen molar-refractivity contribution in [3.8, 4) is 5.75 Å². The molecule has 0 unspecified atom stereocenters. The van der Waals surface area contributed by atoms with Crippen molar-refractivity contribution in [2.45, 2.75) is 6.18 Å². The monoisotopic (exact) mass is 401 g/mol. The molecule has 0 atom stereocenters. The maximum absolute atomic E-state index is 13.0. The summed E-state index contributed by atoms with van der Waals surface area (Å²) in [6.07, 6.45) is -4.77. The molecule has 0 bridgehead atoms. The number of hydrogen-bond donors (Lipinski definition) is 1. The number of hydrogen-bond acceptors (Lipinski definition) is 5. The van der Waals surface area contributed by atoms with E-state index in [9.17, 15) is 28.4 Å². The van der Waals surface area contributed by atoms with Gasteiger partial charge in [0.05, 0.1) is 21.2 Å². The van der Waals surface area contributed by atoms with Crippen molar-refractivity contribution in [2.75, 3.05) is 36.0 Å². The molecule has 0 aromatic heterocycles. The first kappa shape index (κ1) is 19.1. The summed E-state index contributed by atoms with van der Waals surface area (Å²) in [7, 11) is 0. The number of rotatable bonds is 3. The number of piperazine rings is 1. The van der Waals surface area contributed by atoms with Gasteiger partial charge in [0.2, 0.25) is 0 Å². The van der Waals surface area contributed by atoms with Crippen molar-refractivity contribution in [3.05, 3.63) is 57.1 Å². The molecule has 1 aliphatic heterocycles. The highest BCUT2D eigenvalue weighted by Gasteiger charge is 2.37. The zero-order chi connectivity index (χ0) is 19.8. The Morgan fingerprint density at radius 1 is 1.04 bits per heavy atom. The summed E-state index contributed by atoms with van der Waals surface area (Å²) >= 11 is 5.74. The van der Waals surface area contributed by atoms with Crippen LogP contribution in [0.1, 0.15) is 5.56 Å². The summed E-state index contributed by atoms with van der Waals surface area (Å²) in [5, 5.41) is 20.7. The van der Waals surface area contributed by atoms with E-state index in [0.717, 1.165) is 6.07 Å². The summed E-state index contributed by atoms with van der Waals surface area (Å²) in [5.74, 6) is 0.120. The minimum absolute atomic E-state index is 0.0509. The normalized spacial score (nSPS) is 15.1. The molecule has 0 aliphatic carbocycles. The summed E-state index contributed by atoms with van der Waals surface area (Å²) in [5.41, 5.74) is -1.18. The van der Waals surface area contributed by atoms with Gasteiger partial charge in [-0.15, -0.1) is 0 Å².